The van der Waals surface area contributed by atoms with Crippen molar-refractivity contribution in [1.82, 2.24) is 0 Å². The van der Waals surface area contributed by atoms with Crippen LogP contribution in [0.15, 0.2) is 36.5 Å². The number of ether oxygens (including phenoxy) is 3. The maximum Gasteiger partial charge on any atom is 0.306 e. The van der Waals surface area contributed by atoms with Crippen LogP contribution in [-0.4, -0.2) is 37.2 Å². The van der Waals surface area contributed by atoms with E-state index in [1.54, 1.807) is 0 Å². The SMILES string of the molecule is CCCCC/C=C\CCCCCCCC(=O)OCC(COC(=O)CCCCCCCCCCCCCCCCCCCCC)OC(=O)CCCCCCCCC/C=C\C/C=C\CCCCCC. The van der Waals surface area contributed by atoms with Gasteiger partial charge in [0.1, 0.15) is 13.2 Å². The van der Waals surface area contributed by atoms with E-state index in [9.17, 15) is 14.4 Å². The summed E-state index contributed by atoms with van der Waals surface area (Å²) in [6, 6.07) is 0. The van der Waals surface area contributed by atoms with E-state index < -0.39 is 6.10 Å². The molecule has 67 heavy (non-hydrogen) atoms. The minimum absolute atomic E-state index is 0.0744. The average Bonchev–Trinajstić information content (AvgIpc) is 3.33. The molecule has 0 aliphatic carbocycles. The Morgan fingerprint density at radius 3 is 0.881 bits per heavy atom. The third-order valence-corrected chi connectivity index (χ3v) is 13.1. The van der Waals surface area contributed by atoms with E-state index in [-0.39, 0.29) is 31.1 Å². The van der Waals surface area contributed by atoms with Gasteiger partial charge >= 0.3 is 17.9 Å². The van der Waals surface area contributed by atoms with Gasteiger partial charge in [-0.1, -0.05) is 256 Å². The van der Waals surface area contributed by atoms with Gasteiger partial charge in [0.15, 0.2) is 6.10 Å². The standard InChI is InChI=1S/C61H112O6/c1-4-7-10-13-16-19-22-25-27-29-31-33-34-36-39-42-45-48-51-54-60(63)66-57-58(56-65-59(62)53-50-47-44-41-38-24-21-18-15-12-9-6-3)67-61(64)55-52-49-46-43-40-37-35-32-30-28-26-23-20-17-14-11-8-5-2/h18,20-21,23,28,30,58H,4-17,19,22,24-27,29,31-57H2,1-3H3/b21-18-,23-20-,30-28-. The summed E-state index contributed by atoms with van der Waals surface area (Å²) >= 11 is 0. The summed E-state index contributed by atoms with van der Waals surface area (Å²) in [5, 5.41) is 0. The second-order valence-corrected chi connectivity index (χ2v) is 19.9. The summed E-state index contributed by atoms with van der Waals surface area (Å²) in [7, 11) is 0. The molecule has 0 aliphatic rings. The molecule has 0 radical (unpaired) electrons. The third kappa shape index (κ3) is 54.4. The lowest BCUT2D eigenvalue weighted by molar-refractivity contribution is -0.167. The molecule has 0 N–H and O–H groups in total. The van der Waals surface area contributed by atoms with Crippen LogP contribution in [0.5, 0.6) is 0 Å². The first kappa shape index (κ1) is 64.6. The van der Waals surface area contributed by atoms with E-state index >= 15 is 0 Å². The summed E-state index contributed by atoms with van der Waals surface area (Å²) in [5.74, 6) is -0.874. The highest BCUT2D eigenvalue weighted by Crippen LogP contribution is 2.17. The number of carbonyl (C=O) groups is 3. The van der Waals surface area contributed by atoms with Crippen molar-refractivity contribution < 1.29 is 28.6 Å². The van der Waals surface area contributed by atoms with E-state index in [1.165, 1.54) is 199 Å². The smallest absolute Gasteiger partial charge is 0.306 e. The third-order valence-electron chi connectivity index (χ3n) is 13.1. The van der Waals surface area contributed by atoms with Crippen LogP contribution in [0.2, 0.25) is 0 Å². The highest BCUT2D eigenvalue weighted by molar-refractivity contribution is 5.71. The number of esters is 3. The zero-order chi connectivity index (χ0) is 48.6. The molecule has 0 aromatic carbocycles. The molecular formula is C61H112O6. The summed E-state index contributed by atoms with van der Waals surface area (Å²) in [6.07, 6.45) is 67.1. The molecule has 0 amide bonds. The maximum atomic E-state index is 12.9. The predicted molar refractivity (Wildman–Crippen MR) is 289 cm³/mol. The minimum Gasteiger partial charge on any atom is -0.462 e. The fraction of sp³-hybridized carbons (Fsp3) is 0.852. The van der Waals surface area contributed by atoms with Gasteiger partial charge in [-0.05, 0) is 77.0 Å². The fourth-order valence-corrected chi connectivity index (χ4v) is 8.65. The molecule has 0 fully saturated rings. The molecule has 0 saturated heterocycles. The van der Waals surface area contributed by atoms with Crippen LogP contribution in [-0.2, 0) is 28.6 Å². The Balaban J connectivity index is 4.32. The molecule has 0 aliphatic heterocycles. The van der Waals surface area contributed by atoms with Crippen molar-refractivity contribution in [2.75, 3.05) is 13.2 Å². The van der Waals surface area contributed by atoms with Crippen molar-refractivity contribution in [3.8, 4) is 0 Å². The van der Waals surface area contributed by atoms with Crippen LogP contribution in [0.1, 0.15) is 316 Å². The van der Waals surface area contributed by atoms with Crippen molar-refractivity contribution in [3.63, 3.8) is 0 Å². The highest BCUT2D eigenvalue weighted by atomic mass is 16.6. The predicted octanol–water partition coefficient (Wildman–Crippen LogP) is 19.7. The van der Waals surface area contributed by atoms with Crippen LogP contribution in [0.4, 0.5) is 0 Å². The summed E-state index contributed by atoms with van der Waals surface area (Å²) in [4.78, 5) is 38.1. The molecule has 0 heterocycles. The van der Waals surface area contributed by atoms with Gasteiger partial charge in [-0.25, -0.2) is 0 Å². The lowest BCUT2D eigenvalue weighted by Crippen LogP contribution is -2.30. The molecule has 0 bridgehead atoms. The first-order valence-electron chi connectivity index (χ1n) is 29.5. The van der Waals surface area contributed by atoms with E-state index in [4.69, 9.17) is 14.2 Å². The Labute approximate surface area is 416 Å². The van der Waals surface area contributed by atoms with Crippen molar-refractivity contribution >= 4 is 17.9 Å². The number of hydrogen-bond donors (Lipinski definition) is 0. The van der Waals surface area contributed by atoms with Gasteiger partial charge in [-0.15, -0.1) is 0 Å². The summed E-state index contributed by atoms with van der Waals surface area (Å²) < 4.78 is 16.9. The fourth-order valence-electron chi connectivity index (χ4n) is 8.65. The average molecular weight is 942 g/mol. The Morgan fingerprint density at radius 2 is 0.537 bits per heavy atom. The topological polar surface area (TPSA) is 78.9 Å². The molecule has 1 atom stereocenters. The van der Waals surface area contributed by atoms with Gasteiger partial charge < -0.3 is 14.2 Å². The van der Waals surface area contributed by atoms with Gasteiger partial charge in [0.25, 0.3) is 0 Å². The van der Waals surface area contributed by atoms with E-state index in [1.807, 2.05) is 0 Å². The lowest BCUT2D eigenvalue weighted by atomic mass is 10.0. The van der Waals surface area contributed by atoms with Gasteiger partial charge in [0, 0.05) is 19.3 Å². The Morgan fingerprint density at radius 1 is 0.299 bits per heavy atom. The molecule has 0 saturated carbocycles. The quantitative estimate of drug-likeness (QED) is 0.0262. The molecule has 0 spiro atoms. The van der Waals surface area contributed by atoms with Crippen molar-refractivity contribution in [1.29, 1.82) is 0 Å². The molecule has 392 valence electrons. The minimum atomic E-state index is -0.777. The van der Waals surface area contributed by atoms with Crippen LogP contribution in [0.25, 0.3) is 0 Å². The summed E-state index contributed by atoms with van der Waals surface area (Å²) in [6.45, 7) is 6.63. The first-order chi connectivity index (χ1) is 33.0. The van der Waals surface area contributed by atoms with Crippen LogP contribution in [0, 0.1) is 0 Å². The molecule has 6 heteroatoms. The Bertz CT molecular complexity index is 1130. The molecule has 1 unspecified atom stereocenters. The number of rotatable bonds is 54. The number of unbranched alkanes of at least 4 members (excludes halogenated alkanes) is 37. The number of carbonyl (C=O) groups excluding carboxylic acids is 3. The maximum absolute atomic E-state index is 12.9. The van der Waals surface area contributed by atoms with E-state index in [0.29, 0.717) is 19.3 Å². The van der Waals surface area contributed by atoms with Crippen LogP contribution < -0.4 is 0 Å². The van der Waals surface area contributed by atoms with Gasteiger partial charge in [-0.2, -0.15) is 0 Å². The van der Waals surface area contributed by atoms with Crippen molar-refractivity contribution in [2.24, 2.45) is 0 Å². The lowest BCUT2D eigenvalue weighted by Gasteiger charge is -2.18. The van der Waals surface area contributed by atoms with Crippen LogP contribution >= 0.6 is 0 Å². The molecule has 0 aromatic rings. The van der Waals surface area contributed by atoms with Gasteiger partial charge in [0.2, 0.25) is 0 Å². The molecule has 0 rings (SSSR count). The Kier molecular flexibility index (Phi) is 54.2. The second-order valence-electron chi connectivity index (χ2n) is 19.9. The number of hydrogen-bond acceptors (Lipinski definition) is 6. The van der Waals surface area contributed by atoms with Gasteiger partial charge in [0.05, 0.1) is 0 Å². The second kappa shape index (κ2) is 56.2. The Hall–Kier alpha value is -2.37. The highest BCUT2D eigenvalue weighted by Gasteiger charge is 2.19. The van der Waals surface area contributed by atoms with Crippen LogP contribution in [0.3, 0.4) is 0 Å². The zero-order valence-electron chi connectivity index (χ0n) is 44.9. The van der Waals surface area contributed by atoms with E-state index in [2.05, 4.69) is 57.2 Å². The first-order valence-corrected chi connectivity index (χ1v) is 29.5. The largest absolute Gasteiger partial charge is 0.462 e. The van der Waals surface area contributed by atoms with Crippen molar-refractivity contribution in [3.05, 3.63) is 36.5 Å². The molecule has 0 aromatic heterocycles. The normalized spacial score (nSPS) is 12.2. The summed E-state index contributed by atoms with van der Waals surface area (Å²) in [5.41, 5.74) is 0. The van der Waals surface area contributed by atoms with Crippen molar-refractivity contribution in [2.45, 2.75) is 322 Å². The monoisotopic (exact) mass is 941 g/mol. The molecule has 6 nitrogen and oxygen atoms in total. The van der Waals surface area contributed by atoms with Gasteiger partial charge in [-0.3, -0.25) is 14.4 Å². The zero-order valence-corrected chi connectivity index (χ0v) is 44.9. The number of allylic oxidation sites excluding steroid dienone is 6. The van der Waals surface area contributed by atoms with E-state index in [0.717, 1.165) is 77.0 Å². The molecular weight excluding hydrogens is 829 g/mol.